The summed E-state index contributed by atoms with van der Waals surface area (Å²) < 4.78 is 5.08. The third-order valence-electron chi connectivity index (χ3n) is 2.18. The van der Waals surface area contributed by atoms with Crippen LogP contribution in [0.15, 0.2) is 24.3 Å². The lowest BCUT2D eigenvalue weighted by molar-refractivity contribution is 0.201. The maximum absolute atomic E-state index is 11.4. The third kappa shape index (κ3) is 6.77. The Morgan fingerprint density at radius 3 is 2.72 bits per heavy atom. The van der Waals surface area contributed by atoms with E-state index in [0.29, 0.717) is 17.3 Å². The van der Waals surface area contributed by atoms with E-state index in [2.05, 4.69) is 12.2 Å². The van der Waals surface area contributed by atoms with Crippen LogP contribution < -0.4 is 10.1 Å². The molecule has 0 saturated carbocycles. The maximum Gasteiger partial charge on any atom is 0.412 e. The first-order chi connectivity index (χ1) is 8.72. The lowest BCUT2D eigenvalue weighted by Crippen LogP contribution is -2.28. The van der Waals surface area contributed by atoms with E-state index in [-0.39, 0.29) is 0 Å². The summed E-state index contributed by atoms with van der Waals surface area (Å²) in [5.41, 5.74) is 0. The number of hydrogen-bond acceptors (Lipinski definition) is 3. The average molecular weight is 288 g/mol. The van der Waals surface area contributed by atoms with E-state index in [0.717, 1.165) is 11.5 Å². The van der Waals surface area contributed by atoms with Crippen LogP contribution in [0.5, 0.6) is 5.75 Å². The molecule has 0 bridgehead atoms. The Balaban J connectivity index is 2.12. The van der Waals surface area contributed by atoms with E-state index in [1.54, 1.807) is 24.3 Å². The summed E-state index contributed by atoms with van der Waals surface area (Å²) in [6, 6.07) is 6.70. The van der Waals surface area contributed by atoms with Crippen molar-refractivity contribution in [2.45, 2.75) is 19.8 Å². The number of rotatable bonds is 7. The normalized spacial score (nSPS) is 10.1. The first-order valence-corrected chi connectivity index (χ1v) is 7.54. The van der Waals surface area contributed by atoms with E-state index < -0.39 is 6.09 Å². The van der Waals surface area contributed by atoms with Gasteiger partial charge in [0.15, 0.2) is 0 Å². The lowest BCUT2D eigenvalue weighted by Gasteiger charge is -2.06. The fourth-order valence-electron chi connectivity index (χ4n) is 1.22. The molecular formula is C13H18ClNO2S. The zero-order chi connectivity index (χ0) is 13.2. The molecule has 1 N–H and O–H groups in total. The Morgan fingerprint density at radius 2 is 2.06 bits per heavy atom. The highest BCUT2D eigenvalue weighted by molar-refractivity contribution is 7.99. The molecule has 0 heterocycles. The highest BCUT2D eigenvalue weighted by atomic mass is 35.5. The van der Waals surface area contributed by atoms with Gasteiger partial charge in [-0.2, -0.15) is 11.8 Å². The number of carbonyl (C=O) groups is 1. The first-order valence-electron chi connectivity index (χ1n) is 6.01. The van der Waals surface area contributed by atoms with E-state index in [4.69, 9.17) is 16.3 Å². The molecule has 0 fully saturated rings. The summed E-state index contributed by atoms with van der Waals surface area (Å²) in [5, 5.41) is 3.33. The summed E-state index contributed by atoms with van der Waals surface area (Å²) in [7, 11) is 0. The van der Waals surface area contributed by atoms with Gasteiger partial charge in [-0.3, -0.25) is 0 Å². The van der Waals surface area contributed by atoms with Gasteiger partial charge in [-0.15, -0.1) is 0 Å². The van der Waals surface area contributed by atoms with Crippen LogP contribution in [0.3, 0.4) is 0 Å². The molecule has 0 radical (unpaired) electrons. The summed E-state index contributed by atoms with van der Waals surface area (Å²) >= 11 is 7.57. The van der Waals surface area contributed by atoms with Crippen molar-refractivity contribution in [3.8, 4) is 5.75 Å². The van der Waals surface area contributed by atoms with Gasteiger partial charge >= 0.3 is 6.09 Å². The van der Waals surface area contributed by atoms with Crippen LogP contribution in [-0.4, -0.2) is 24.1 Å². The summed E-state index contributed by atoms with van der Waals surface area (Å²) in [6.07, 6.45) is 2.01. The second-order valence-corrected chi connectivity index (χ2v) is 5.40. The molecule has 3 nitrogen and oxygen atoms in total. The van der Waals surface area contributed by atoms with Crippen LogP contribution in [0.4, 0.5) is 4.79 Å². The molecule has 0 aliphatic heterocycles. The maximum atomic E-state index is 11.4. The van der Waals surface area contributed by atoms with E-state index in [9.17, 15) is 4.79 Å². The highest BCUT2D eigenvalue weighted by Crippen LogP contribution is 2.15. The quantitative estimate of drug-likeness (QED) is 0.772. The minimum absolute atomic E-state index is 0.423. The molecule has 100 valence electrons. The van der Waals surface area contributed by atoms with Crippen molar-refractivity contribution in [3.63, 3.8) is 0 Å². The predicted octanol–water partition coefficient (Wildman–Crippen LogP) is 3.96. The standard InChI is InChI=1S/C13H18ClNO2S/c1-2-3-9-18-10-8-15-13(16)17-12-6-4-11(14)5-7-12/h4-7H,2-3,8-10H2,1H3,(H,15,16). The zero-order valence-electron chi connectivity index (χ0n) is 10.4. The van der Waals surface area contributed by atoms with Crippen molar-refractivity contribution in [2.24, 2.45) is 0 Å². The number of nitrogens with one attached hydrogen (secondary N) is 1. The number of benzene rings is 1. The molecular weight excluding hydrogens is 270 g/mol. The molecule has 1 aromatic carbocycles. The van der Waals surface area contributed by atoms with Gasteiger partial charge in [0.25, 0.3) is 0 Å². The van der Waals surface area contributed by atoms with Crippen LogP contribution in [0.1, 0.15) is 19.8 Å². The molecule has 1 aromatic rings. The number of amides is 1. The molecule has 0 atom stereocenters. The van der Waals surface area contributed by atoms with Crippen molar-refractivity contribution in [1.82, 2.24) is 5.32 Å². The second kappa shape index (κ2) is 9.11. The number of halogens is 1. The van der Waals surface area contributed by atoms with Crippen LogP contribution in [0.2, 0.25) is 5.02 Å². The van der Waals surface area contributed by atoms with Gasteiger partial charge in [0.1, 0.15) is 5.75 Å². The number of carbonyl (C=O) groups excluding carboxylic acids is 1. The SMILES string of the molecule is CCCCSCCNC(=O)Oc1ccc(Cl)cc1. The molecule has 0 unspecified atom stereocenters. The Bertz CT molecular complexity index is 357. The van der Waals surface area contributed by atoms with Gasteiger partial charge in [0, 0.05) is 17.3 Å². The molecule has 1 amide bonds. The van der Waals surface area contributed by atoms with Crippen molar-refractivity contribution in [3.05, 3.63) is 29.3 Å². The topological polar surface area (TPSA) is 38.3 Å². The van der Waals surface area contributed by atoms with Crippen molar-refractivity contribution >= 4 is 29.5 Å². The van der Waals surface area contributed by atoms with Crippen LogP contribution in [-0.2, 0) is 0 Å². The molecule has 5 heteroatoms. The van der Waals surface area contributed by atoms with Gasteiger partial charge in [0.2, 0.25) is 0 Å². The average Bonchev–Trinajstić information content (AvgIpc) is 2.36. The van der Waals surface area contributed by atoms with Crippen molar-refractivity contribution in [1.29, 1.82) is 0 Å². The molecule has 0 aromatic heterocycles. The van der Waals surface area contributed by atoms with Crippen molar-refractivity contribution in [2.75, 3.05) is 18.1 Å². The first kappa shape index (κ1) is 15.2. The van der Waals surface area contributed by atoms with Gasteiger partial charge < -0.3 is 10.1 Å². The Morgan fingerprint density at radius 1 is 1.33 bits per heavy atom. The summed E-state index contributed by atoms with van der Waals surface area (Å²) in [5.74, 6) is 2.55. The van der Waals surface area contributed by atoms with Gasteiger partial charge in [0.05, 0.1) is 0 Å². The molecule has 18 heavy (non-hydrogen) atoms. The number of ether oxygens (including phenoxy) is 1. The van der Waals surface area contributed by atoms with Gasteiger partial charge in [-0.1, -0.05) is 24.9 Å². The minimum Gasteiger partial charge on any atom is -0.410 e. The molecule has 0 saturated heterocycles. The minimum atomic E-state index is -0.423. The Hall–Kier alpha value is -0.870. The molecule has 1 rings (SSSR count). The number of hydrogen-bond donors (Lipinski definition) is 1. The van der Waals surface area contributed by atoms with Crippen LogP contribution in [0.25, 0.3) is 0 Å². The largest absolute Gasteiger partial charge is 0.412 e. The summed E-state index contributed by atoms with van der Waals surface area (Å²) in [4.78, 5) is 11.4. The van der Waals surface area contributed by atoms with Crippen LogP contribution >= 0.6 is 23.4 Å². The summed E-state index contributed by atoms with van der Waals surface area (Å²) in [6.45, 7) is 2.79. The fraction of sp³-hybridized carbons (Fsp3) is 0.462. The molecule has 0 spiro atoms. The molecule has 0 aliphatic carbocycles. The van der Waals surface area contributed by atoms with E-state index in [1.807, 2.05) is 11.8 Å². The van der Waals surface area contributed by atoms with E-state index >= 15 is 0 Å². The monoisotopic (exact) mass is 287 g/mol. The highest BCUT2D eigenvalue weighted by Gasteiger charge is 2.02. The third-order valence-corrected chi connectivity index (χ3v) is 3.50. The van der Waals surface area contributed by atoms with Crippen LogP contribution in [0, 0.1) is 0 Å². The number of thioether (sulfide) groups is 1. The Labute approximate surface area is 117 Å². The predicted molar refractivity (Wildman–Crippen MR) is 77.7 cm³/mol. The molecule has 0 aliphatic rings. The zero-order valence-corrected chi connectivity index (χ0v) is 12.0. The van der Waals surface area contributed by atoms with Gasteiger partial charge in [-0.25, -0.2) is 4.79 Å². The Kier molecular flexibility index (Phi) is 7.69. The number of unbranched alkanes of at least 4 members (excludes halogenated alkanes) is 1. The fourth-order valence-corrected chi connectivity index (χ4v) is 2.29. The second-order valence-electron chi connectivity index (χ2n) is 3.74. The smallest absolute Gasteiger partial charge is 0.410 e. The van der Waals surface area contributed by atoms with E-state index in [1.165, 1.54) is 12.8 Å². The van der Waals surface area contributed by atoms with Crippen molar-refractivity contribution < 1.29 is 9.53 Å². The lowest BCUT2D eigenvalue weighted by atomic mass is 10.3. The van der Waals surface area contributed by atoms with Gasteiger partial charge in [-0.05, 0) is 36.4 Å².